The van der Waals surface area contributed by atoms with E-state index in [1.54, 1.807) is 23.5 Å². The zero-order valence-electron chi connectivity index (χ0n) is 18.0. The van der Waals surface area contributed by atoms with E-state index >= 15 is 0 Å². The molecule has 1 N–H and O–H groups in total. The predicted molar refractivity (Wildman–Crippen MR) is 127 cm³/mol. The van der Waals surface area contributed by atoms with Crippen LogP contribution in [0.5, 0.6) is 0 Å². The summed E-state index contributed by atoms with van der Waals surface area (Å²) in [5.41, 5.74) is 3.00. The summed E-state index contributed by atoms with van der Waals surface area (Å²) in [4.78, 5) is 17.6. The van der Waals surface area contributed by atoms with E-state index in [0.29, 0.717) is 37.4 Å². The van der Waals surface area contributed by atoms with Crippen LogP contribution in [0.1, 0.15) is 31.0 Å². The molecule has 0 aliphatic carbocycles. The summed E-state index contributed by atoms with van der Waals surface area (Å²) in [6.07, 6.45) is 1.91. The highest BCUT2D eigenvalue weighted by Crippen LogP contribution is 2.25. The summed E-state index contributed by atoms with van der Waals surface area (Å²) in [6, 6.07) is 17.0. The molecule has 1 aliphatic rings. The molecule has 0 radical (unpaired) electrons. The summed E-state index contributed by atoms with van der Waals surface area (Å²) < 4.78 is 27.3. The van der Waals surface area contributed by atoms with Crippen LogP contribution in [0, 0.1) is 5.92 Å². The maximum Gasteiger partial charge on any atom is 0.243 e. The Morgan fingerprint density at radius 3 is 2.44 bits per heavy atom. The molecule has 0 atom stereocenters. The van der Waals surface area contributed by atoms with Crippen LogP contribution < -0.4 is 5.32 Å². The third kappa shape index (κ3) is 5.09. The van der Waals surface area contributed by atoms with Crippen LogP contribution in [0.4, 0.5) is 0 Å². The van der Waals surface area contributed by atoms with E-state index < -0.39 is 10.0 Å². The van der Waals surface area contributed by atoms with Gasteiger partial charge in [0.1, 0.15) is 5.01 Å². The molecule has 0 unspecified atom stereocenters. The van der Waals surface area contributed by atoms with Crippen LogP contribution in [0.15, 0.2) is 64.9 Å². The Morgan fingerprint density at radius 1 is 1.09 bits per heavy atom. The van der Waals surface area contributed by atoms with E-state index in [-0.39, 0.29) is 11.8 Å². The van der Waals surface area contributed by atoms with Gasteiger partial charge in [-0.15, -0.1) is 11.3 Å². The Kier molecular flexibility index (Phi) is 7.03. The van der Waals surface area contributed by atoms with Crippen molar-refractivity contribution in [3.63, 3.8) is 0 Å². The molecule has 8 heteroatoms. The lowest BCUT2D eigenvalue weighted by Gasteiger charge is -2.30. The minimum Gasteiger partial charge on any atom is -0.350 e. The lowest BCUT2D eigenvalue weighted by molar-refractivity contribution is -0.126. The molecule has 32 heavy (non-hydrogen) atoms. The van der Waals surface area contributed by atoms with Gasteiger partial charge in [-0.1, -0.05) is 49.4 Å². The molecule has 6 nitrogen and oxygen atoms in total. The van der Waals surface area contributed by atoms with Gasteiger partial charge in [0.25, 0.3) is 0 Å². The average Bonchev–Trinajstić information content (AvgIpc) is 3.32. The van der Waals surface area contributed by atoms with Crippen molar-refractivity contribution in [1.29, 1.82) is 0 Å². The quantitative estimate of drug-likeness (QED) is 0.565. The van der Waals surface area contributed by atoms with E-state index in [0.717, 1.165) is 28.2 Å². The molecule has 0 spiro atoms. The van der Waals surface area contributed by atoms with Gasteiger partial charge in [-0.25, -0.2) is 13.4 Å². The number of amides is 1. The number of benzene rings is 2. The molecule has 1 aromatic heterocycles. The highest BCUT2D eigenvalue weighted by Gasteiger charge is 2.32. The number of hydrogen-bond donors (Lipinski definition) is 1. The number of carbonyl (C=O) groups is 1. The fraction of sp³-hybridized carbons (Fsp3) is 0.333. The molecule has 1 amide bonds. The zero-order valence-corrected chi connectivity index (χ0v) is 19.7. The number of nitrogens with zero attached hydrogens (tertiary/aromatic N) is 2. The zero-order chi connectivity index (χ0) is 22.6. The maximum absolute atomic E-state index is 12.9. The number of rotatable bonds is 7. The summed E-state index contributed by atoms with van der Waals surface area (Å²) in [5, 5.41) is 5.86. The van der Waals surface area contributed by atoms with Crippen LogP contribution >= 0.6 is 11.3 Å². The second-order valence-corrected chi connectivity index (χ2v) is 10.7. The summed E-state index contributed by atoms with van der Waals surface area (Å²) in [7, 11) is -3.52. The van der Waals surface area contributed by atoms with Crippen LogP contribution in [-0.4, -0.2) is 36.7 Å². The van der Waals surface area contributed by atoms with Gasteiger partial charge in [0, 0.05) is 30.0 Å². The fourth-order valence-electron chi connectivity index (χ4n) is 3.83. The number of carbonyl (C=O) groups excluding carboxylic acids is 1. The second-order valence-electron chi connectivity index (χ2n) is 7.90. The van der Waals surface area contributed by atoms with Crippen molar-refractivity contribution < 1.29 is 13.2 Å². The second kappa shape index (κ2) is 9.94. The predicted octanol–water partition coefficient (Wildman–Crippen LogP) is 4.09. The normalized spacial score (nSPS) is 15.5. The van der Waals surface area contributed by atoms with E-state index in [4.69, 9.17) is 0 Å². The van der Waals surface area contributed by atoms with Crippen molar-refractivity contribution in [1.82, 2.24) is 14.6 Å². The van der Waals surface area contributed by atoms with Crippen molar-refractivity contribution in [3.8, 4) is 10.6 Å². The largest absolute Gasteiger partial charge is 0.350 e. The first-order valence-corrected chi connectivity index (χ1v) is 13.2. The fourth-order valence-corrected chi connectivity index (χ4v) is 6.12. The minimum absolute atomic E-state index is 0.0383. The average molecular weight is 470 g/mol. The van der Waals surface area contributed by atoms with E-state index in [9.17, 15) is 13.2 Å². The van der Waals surface area contributed by atoms with Crippen molar-refractivity contribution in [2.75, 3.05) is 13.1 Å². The number of piperidine rings is 1. The molecule has 4 rings (SSSR count). The molecule has 0 saturated carbocycles. The van der Waals surface area contributed by atoms with Gasteiger partial charge in [0.15, 0.2) is 0 Å². The molecule has 1 saturated heterocycles. The highest BCUT2D eigenvalue weighted by atomic mass is 32.2. The Bertz CT molecular complexity index is 1150. The molecule has 3 aromatic rings. The summed E-state index contributed by atoms with van der Waals surface area (Å²) in [5.74, 6) is -0.222. The standard InChI is InChI=1S/C24H27N3O3S2/c1-2-18-8-10-22(11-9-18)32(29,30)27-14-12-19(13-15-27)23(28)25-16-21-17-31-24(26-21)20-6-4-3-5-7-20/h3-11,17,19H,2,12-16H2,1H3,(H,25,28). The van der Waals surface area contributed by atoms with E-state index in [1.807, 2.05) is 54.8 Å². The van der Waals surface area contributed by atoms with E-state index in [2.05, 4.69) is 10.3 Å². The van der Waals surface area contributed by atoms with Gasteiger partial charge < -0.3 is 5.32 Å². The topological polar surface area (TPSA) is 79.4 Å². The Labute approximate surface area is 193 Å². The summed E-state index contributed by atoms with van der Waals surface area (Å²) in [6.45, 7) is 3.12. The first-order chi connectivity index (χ1) is 15.5. The van der Waals surface area contributed by atoms with Crippen LogP contribution in [0.3, 0.4) is 0 Å². The Morgan fingerprint density at radius 2 is 1.78 bits per heavy atom. The molecule has 168 valence electrons. The van der Waals surface area contributed by atoms with Gasteiger partial charge in [0.2, 0.25) is 15.9 Å². The highest BCUT2D eigenvalue weighted by molar-refractivity contribution is 7.89. The van der Waals surface area contributed by atoms with Crippen LogP contribution in [0.25, 0.3) is 10.6 Å². The summed E-state index contributed by atoms with van der Waals surface area (Å²) >= 11 is 1.56. The first kappa shape index (κ1) is 22.6. The maximum atomic E-state index is 12.9. The van der Waals surface area contributed by atoms with Gasteiger partial charge in [-0.3, -0.25) is 4.79 Å². The van der Waals surface area contributed by atoms with E-state index in [1.165, 1.54) is 4.31 Å². The molecular weight excluding hydrogens is 442 g/mol. The van der Waals surface area contributed by atoms with Crippen molar-refractivity contribution in [2.24, 2.45) is 5.92 Å². The monoisotopic (exact) mass is 469 g/mol. The number of aryl methyl sites for hydroxylation is 1. The molecule has 0 bridgehead atoms. The number of hydrogen-bond acceptors (Lipinski definition) is 5. The number of nitrogens with one attached hydrogen (secondary N) is 1. The SMILES string of the molecule is CCc1ccc(S(=O)(=O)N2CCC(C(=O)NCc3csc(-c4ccccc4)n3)CC2)cc1. The van der Waals surface area contributed by atoms with Crippen molar-refractivity contribution in [3.05, 3.63) is 71.2 Å². The molecule has 1 fully saturated rings. The van der Waals surface area contributed by atoms with Gasteiger partial charge in [0.05, 0.1) is 17.1 Å². The van der Waals surface area contributed by atoms with Crippen LogP contribution in [-0.2, 0) is 27.8 Å². The molecule has 2 aromatic carbocycles. The van der Waals surface area contributed by atoms with Crippen LogP contribution in [0.2, 0.25) is 0 Å². The first-order valence-electron chi connectivity index (χ1n) is 10.8. The van der Waals surface area contributed by atoms with Gasteiger partial charge in [-0.05, 0) is 37.0 Å². The molecule has 1 aliphatic heterocycles. The van der Waals surface area contributed by atoms with Crippen molar-refractivity contribution >= 4 is 27.3 Å². The lowest BCUT2D eigenvalue weighted by atomic mass is 9.97. The Balaban J connectivity index is 1.29. The smallest absolute Gasteiger partial charge is 0.243 e. The number of thiazole rings is 1. The number of sulfonamides is 1. The third-order valence-corrected chi connectivity index (χ3v) is 8.66. The third-order valence-electron chi connectivity index (χ3n) is 5.81. The van der Waals surface area contributed by atoms with Crippen molar-refractivity contribution in [2.45, 2.75) is 37.6 Å². The Hall–Kier alpha value is -2.55. The minimum atomic E-state index is -3.52. The van der Waals surface area contributed by atoms with Gasteiger partial charge in [-0.2, -0.15) is 4.31 Å². The van der Waals surface area contributed by atoms with Gasteiger partial charge >= 0.3 is 0 Å². The molecule has 2 heterocycles. The molecular formula is C24H27N3O3S2. The number of aromatic nitrogens is 1. The lowest BCUT2D eigenvalue weighted by Crippen LogP contribution is -2.42.